The van der Waals surface area contributed by atoms with Crippen LogP contribution in [0.4, 0.5) is 5.69 Å². The molecule has 4 aromatic rings. The second-order valence-electron chi connectivity index (χ2n) is 6.85. The van der Waals surface area contributed by atoms with Crippen molar-refractivity contribution in [2.75, 3.05) is 4.90 Å². The molecule has 1 aliphatic rings. The molecule has 1 aliphatic heterocycles. The molecule has 31 heavy (non-hydrogen) atoms. The number of rotatable bonds is 3. The molecule has 152 valence electrons. The molecule has 0 N–H and O–H groups in total. The number of nitrogens with zero attached hydrogens (tertiary/aromatic N) is 1. The summed E-state index contributed by atoms with van der Waals surface area (Å²) in [6, 6.07) is 22.7. The molecule has 7 heteroatoms. The molecule has 0 aliphatic carbocycles. The monoisotopic (exact) mass is 481 g/mol. The van der Waals surface area contributed by atoms with Crippen molar-refractivity contribution in [1.29, 1.82) is 0 Å². The van der Waals surface area contributed by atoms with Crippen LogP contribution in [0.5, 0.6) is 0 Å². The molecule has 5 rings (SSSR count). The number of benzene rings is 3. The van der Waals surface area contributed by atoms with Gasteiger partial charge in [0.1, 0.15) is 11.5 Å². The topological polar surface area (TPSA) is 33.5 Å². The zero-order chi connectivity index (χ0) is 21.5. The Morgan fingerprint density at radius 1 is 0.935 bits per heavy atom. The number of hydrogen-bond donors (Lipinski definition) is 0. The Morgan fingerprint density at radius 3 is 2.58 bits per heavy atom. The average Bonchev–Trinajstić information content (AvgIpc) is 3.34. The summed E-state index contributed by atoms with van der Waals surface area (Å²) in [6.45, 7) is 0. The maximum atomic E-state index is 13.2. The number of fused-ring (bicyclic) bond motifs is 1. The highest BCUT2D eigenvalue weighted by Gasteiger charge is 2.34. The lowest BCUT2D eigenvalue weighted by Crippen LogP contribution is -2.27. The van der Waals surface area contributed by atoms with Gasteiger partial charge in [0, 0.05) is 17.0 Å². The third-order valence-corrected chi connectivity index (χ3v) is 6.95. The summed E-state index contributed by atoms with van der Waals surface area (Å²) >= 11 is 18.9. The fourth-order valence-electron chi connectivity index (χ4n) is 3.44. The predicted molar refractivity (Wildman–Crippen MR) is 134 cm³/mol. The molecule has 0 atom stereocenters. The molecule has 1 saturated heterocycles. The standard InChI is InChI=1S/C24H13Cl2NO2S2/c25-18-10-8-15(12-19(18)26)21-11-9-16(29-21)13-22-23(28)27(24(30)31-22)20-7-3-5-14-4-1-2-6-17(14)20/h1-13H/b22-13+. The van der Waals surface area contributed by atoms with Gasteiger partial charge in [0.25, 0.3) is 5.91 Å². The first kappa shape index (κ1) is 20.3. The number of carbonyl (C=O) groups is 1. The van der Waals surface area contributed by atoms with Gasteiger partial charge in [-0.3, -0.25) is 9.69 Å². The molecular formula is C24H13Cl2NO2S2. The minimum absolute atomic E-state index is 0.168. The van der Waals surface area contributed by atoms with E-state index in [9.17, 15) is 4.79 Å². The third kappa shape index (κ3) is 3.79. The highest BCUT2D eigenvalue weighted by molar-refractivity contribution is 8.27. The smallest absolute Gasteiger partial charge is 0.270 e. The maximum absolute atomic E-state index is 13.2. The van der Waals surface area contributed by atoms with Gasteiger partial charge in [-0.2, -0.15) is 0 Å². The average molecular weight is 482 g/mol. The Hall–Kier alpha value is -2.57. The molecule has 3 nitrogen and oxygen atoms in total. The maximum Gasteiger partial charge on any atom is 0.270 e. The number of amides is 1. The van der Waals surface area contributed by atoms with Crippen LogP contribution in [0.1, 0.15) is 5.76 Å². The van der Waals surface area contributed by atoms with Gasteiger partial charge in [0.05, 0.1) is 20.6 Å². The molecule has 2 heterocycles. The Bertz CT molecular complexity index is 1390. The summed E-state index contributed by atoms with van der Waals surface area (Å²) in [5.74, 6) is 1.02. The third-order valence-electron chi connectivity index (χ3n) is 4.91. The van der Waals surface area contributed by atoms with E-state index in [1.807, 2.05) is 60.7 Å². The number of furan rings is 1. The quantitative estimate of drug-likeness (QED) is 0.220. The summed E-state index contributed by atoms with van der Waals surface area (Å²) in [5, 5.41) is 2.96. The number of thioether (sulfide) groups is 1. The minimum Gasteiger partial charge on any atom is -0.457 e. The molecule has 0 bridgehead atoms. The Morgan fingerprint density at radius 2 is 1.74 bits per heavy atom. The van der Waals surface area contributed by atoms with Crippen molar-refractivity contribution < 1.29 is 9.21 Å². The normalized spacial score (nSPS) is 15.4. The molecule has 0 spiro atoms. The number of halogens is 2. The van der Waals surface area contributed by atoms with Crippen molar-refractivity contribution in [3.63, 3.8) is 0 Å². The van der Waals surface area contributed by atoms with Gasteiger partial charge in [0.15, 0.2) is 4.32 Å². The second kappa shape index (κ2) is 8.17. The van der Waals surface area contributed by atoms with E-state index in [1.165, 1.54) is 11.8 Å². The highest BCUT2D eigenvalue weighted by Crippen LogP contribution is 2.39. The molecule has 1 aromatic heterocycles. The number of thiocarbonyl (C=S) groups is 1. The van der Waals surface area contributed by atoms with Crippen molar-refractivity contribution >= 4 is 79.9 Å². The zero-order valence-electron chi connectivity index (χ0n) is 15.8. The van der Waals surface area contributed by atoms with Crippen molar-refractivity contribution in [3.8, 4) is 11.3 Å². The first-order valence-electron chi connectivity index (χ1n) is 9.32. The fourth-order valence-corrected chi connectivity index (χ4v) is 5.01. The first-order valence-corrected chi connectivity index (χ1v) is 11.3. The molecule has 3 aromatic carbocycles. The molecule has 0 unspecified atom stereocenters. The summed E-state index contributed by atoms with van der Waals surface area (Å²) in [7, 11) is 0. The van der Waals surface area contributed by atoms with Gasteiger partial charge in [-0.1, -0.05) is 83.6 Å². The Balaban J connectivity index is 1.47. The lowest BCUT2D eigenvalue weighted by Gasteiger charge is -2.17. The van der Waals surface area contributed by atoms with E-state index in [-0.39, 0.29) is 5.91 Å². The van der Waals surface area contributed by atoms with Crippen LogP contribution in [-0.2, 0) is 4.79 Å². The highest BCUT2D eigenvalue weighted by atomic mass is 35.5. The number of carbonyl (C=O) groups excluding carboxylic acids is 1. The van der Waals surface area contributed by atoms with Crippen LogP contribution in [0.2, 0.25) is 10.0 Å². The van der Waals surface area contributed by atoms with Gasteiger partial charge in [0.2, 0.25) is 0 Å². The molecule has 0 radical (unpaired) electrons. The molecule has 0 saturated carbocycles. The molecular weight excluding hydrogens is 469 g/mol. The van der Waals surface area contributed by atoms with E-state index >= 15 is 0 Å². The lowest BCUT2D eigenvalue weighted by molar-refractivity contribution is -0.113. The molecule has 1 amide bonds. The summed E-state index contributed by atoms with van der Waals surface area (Å²) in [5.41, 5.74) is 1.58. The van der Waals surface area contributed by atoms with Crippen molar-refractivity contribution in [1.82, 2.24) is 0 Å². The van der Waals surface area contributed by atoms with E-state index in [2.05, 4.69) is 0 Å². The summed E-state index contributed by atoms with van der Waals surface area (Å²) < 4.78 is 6.41. The zero-order valence-corrected chi connectivity index (χ0v) is 19.0. The van der Waals surface area contributed by atoms with Crippen LogP contribution in [0, 0.1) is 0 Å². The lowest BCUT2D eigenvalue weighted by atomic mass is 10.1. The Labute approximate surface area is 198 Å². The van der Waals surface area contributed by atoms with Crippen molar-refractivity contribution in [2.45, 2.75) is 0 Å². The molecule has 1 fully saturated rings. The van der Waals surface area contributed by atoms with E-state index in [1.54, 1.807) is 23.1 Å². The van der Waals surface area contributed by atoms with E-state index in [0.29, 0.717) is 30.8 Å². The predicted octanol–water partition coefficient (Wildman–Crippen LogP) is 7.81. The van der Waals surface area contributed by atoms with Gasteiger partial charge < -0.3 is 4.42 Å². The summed E-state index contributed by atoms with van der Waals surface area (Å²) in [4.78, 5) is 15.3. The fraction of sp³-hybridized carbons (Fsp3) is 0. The second-order valence-corrected chi connectivity index (χ2v) is 9.34. The van der Waals surface area contributed by atoms with Crippen LogP contribution in [0.15, 0.2) is 82.1 Å². The van der Waals surface area contributed by atoms with E-state index < -0.39 is 0 Å². The van der Waals surface area contributed by atoms with E-state index in [4.69, 9.17) is 39.8 Å². The largest absolute Gasteiger partial charge is 0.457 e. The number of anilines is 1. The van der Waals surface area contributed by atoms with Crippen LogP contribution >= 0.6 is 47.2 Å². The van der Waals surface area contributed by atoms with Gasteiger partial charge in [-0.25, -0.2) is 0 Å². The van der Waals surface area contributed by atoms with Gasteiger partial charge in [-0.05, 0) is 41.8 Å². The van der Waals surface area contributed by atoms with Crippen LogP contribution in [0.3, 0.4) is 0 Å². The van der Waals surface area contributed by atoms with Crippen molar-refractivity contribution in [2.24, 2.45) is 0 Å². The van der Waals surface area contributed by atoms with E-state index in [0.717, 1.165) is 22.0 Å². The Kier molecular flexibility index (Phi) is 5.36. The SMILES string of the molecule is O=C1/C(=C\c2ccc(-c3ccc(Cl)c(Cl)c3)o2)SC(=S)N1c1cccc2ccccc12. The van der Waals surface area contributed by atoms with Crippen LogP contribution < -0.4 is 4.90 Å². The minimum atomic E-state index is -0.168. The first-order chi connectivity index (χ1) is 15.0. The van der Waals surface area contributed by atoms with Crippen LogP contribution in [0.25, 0.3) is 28.2 Å². The van der Waals surface area contributed by atoms with Gasteiger partial charge in [-0.15, -0.1) is 0 Å². The van der Waals surface area contributed by atoms with Crippen molar-refractivity contribution in [3.05, 3.63) is 93.5 Å². The number of hydrogen-bond acceptors (Lipinski definition) is 4. The summed E-state index contributed by atoms with van der Waals surface area (Å²) in [6.07, 6.45) is 1.71. The van der Waals surface area contributed by atoms with Crippen LogP contribution in [-0.4, -0.2) is 10.2 Å². The van der Waals surface area contributed by atoms with Gasteiger partial charge >= 0.3 is 0 Å².